The topological polar surface area (TPSA) is 79.7 Å². The Morgan fingerprint density at radius 3 is 2.55 bits per heavy atom. The van der Waals surface area contributed by atoms with Crippen LogP contribution in [0.4, 0.5) is 4.79 Å². The molecule has 3 rings (SSSR count). The fourth-order valence-corrected chi connectivity index (χ4v) is 3.90. The lowest BCUT2D eigenvalue weighted by Gasteiger charge is -2.32. The maximum atomic E-state index is 13.4. The van der Waals surface area contributed by atoms with Crippen molar-refractivity contribution in [3.8, 4) is 0 Å². The van der Waals surface area contributed by atoms with Crippen LogP contribution >= 0.6 is 11.6 Å². The van der Waals surface area contributed by atoms with Crippen molar-refractivity contribution in [2.24, 2.45) is 0 Å². The number of piperazine rings is 1. The number of alkyl carbamates (subject to hydrolysis) is 1. The Labute approximate surface area is 188 Å². The monoisotopic (exact) mass is 449 g/mol. The van der Waals surface area contributed by atoms with E-state index in [-0.39, 0.29) is 5.56 Å². The SMILES string of the molecule is C[C@H](NC(=O)OC(C)(C)C)c1nc2cccc(Cl)c2c(=O)n1CCN1CCN(C)CC1. The highest BCUT2D eigenvalue weighted by Gasteiger charge is 2.23. The minimum absolute atomic E-state index is 0.197. The summed E-state index contributed by atoms with van der Waals surface area (Å²) in [5.41, 5.74) is -0.298. The predicted molar refractivity (Wildman–Crippen MR) is 123 cm³/mol. The lowest BCUT2D eigenvalue weighted by molar-refractivity contribution is 0.0504. The van der Waals surface area contributed by atoms with E-state index in [1.165, 1.54) is 0 Å². The highest BCUT2D eigenvalue weighted by molar-refractivity contribution is 6.35. The molecule has 0 saturated carbocycles. The molecule has 1 amide bonds. The van der Waals surface area contributed by atoms with Crippen molar-refractivity contribution in [1.82, 2.24) is 24.7 Å². The molecule has 9 heteroatoms. The number of halogens is 1. The smallest absolute Gasteiger partial charge is 0.408 e. The number of nitrogens with zero attached hydrogens (tertiary/aromatic N) is 4. The highest BCUT2D eigenvalue weighted by Crippen LogP contribution is 2.21. The largest absolute Gasteiger partial charge is 0.444 e. The van der Waals surface area contributed by atoms with Gasteiger partial charge in [-0.1, -0.05) is 17.7 Å². The molecule has 1 saturated heterocycles. The van der Waals surface area contributed by atoms with E-state index in [9.17, 15) is 9.59 Å². The number of benzene rings is 1. The van der Waals surface area contributed by atoms with E-state index >= 15 is 0 Å². The van der Waals surface area contributed by atoms with Gasteiger partial charge < -0.3 is 15.0 Å². The number of likely N-dealkylation sites (N-methyl/N-ethyl adjacent to an activating group) is 1. The molecule has 2 aromatic rings. The Balaban J connectivity index is 1.91. The lowest BCUT2D eigenvalue weighted by Crippen LogP contribution is -2.46. The zero-order valence-electron chi connectivity index (χ0n) is 18.9. The van der Waals surface area contributed by atoms with Crippen LogP contribution in [-0.4, -0.2) is 70.8 Å². The van der Waals surface area contributed by atoms with Crippen LogP contribution in [0.2, 0.25) is 5.02 Å². The van der Waals surface area contributed by atoms with Crippen LogP contribution in [0.15, 0.2) is 23.0 Å². The fourth-order valence-electron chi connectivity index (χ4n) is 3.65. The van der Waals surface area contributed by atoms with Crippen LogP contribution in [0.25, 0.3) is 10.9 Å². The molecule has 170 valence electrons. The van der Waals surface area contributed by atoms with Gasteiger partial charge in [-0.15, -0.1) is 0 Å². The number of hydrogen-bond donors (Lipinski definition) is 1. The summed E-state index contributed by atoms with van der Waals surface area (Å²) in [6, 6.07) is 4.71. The first-order chi connectivity index (χ1) is 14.5. The molecule has 1 aliphatic rings. The Kier molecular flexibility index (Phi) is 7.24. The number of carbonyl (C=O) groups excluding carboxylic acids is 1. The van der Waals surface area contributed by atoms with E-state index in [1.807, 2.05) is 0 Å². The third-order valence-corrected chi connectivity index (χ3v) is 5.63. The normalized spacial score (nSPS) is 17.0. The van der Waals surface area contributed by atoms with Gasteiger partial charge in [-0.25, -0.2) is 9.78 Å². The third-order valence-electron chi connectivity index (χ3n) is 5.32. The summed E-state index contributed by atoms with van der Waals surface area (Å²) in [4.78, 5) is 35.0. The first-order valence-corrected chi connectivity index (χ1v) is 11.0. The average Bonchev–Trinajstić information content (AvgIpc) is 2.66. The van der Waals surface area contributed by atoms with E-state index in [2.05, 4.69) is 22.2 Å². The van der Waals surface area contributed by atoms with Crippen LogP contribution in [0, 0.1) is 0 Å². The lowest BCUT2D eigenvalue weighted by atomic mass is 10.2. The van der Waals surface area contributed by atoms with Crippen molar-refractivity contribution in [3.63, 3.8) is 0 Å². The molecule has 2 heterocycles. The summed E-state index contributed by atoms with van der Waals surface area (Å²) in [6.45, 7) is 12.3. The van der Waals surface area contributed by atoms with Gasteiger partial charge in [0.1, 0.15) is 11.4 Å². The standard InChI is InChI=1S/C22H32ClN5O3/c1-15(24-21(30)31-22(2,3)4)19-25-17-8-6-7-16(23)18(17)20(29)28(19)14-13-27-11-9-26(5)10-12-27/h6-8,15H,9-14H2,1-5H3,(H,24,30)/t15-/m0/s1. The zero-order chi connectivity index (χ0) is 22.8. The number of amides is 1. The van der Waals surface area contributed by atoms with Gasteiger partial charge >= 0.3 is 6.09 Å². The molecule has 1 atom stereocenters. The van der Waals surface area contributed by atoms with Crippen molar-refractivity contribution in [1.29, 1.82) is 0 Å². The van der Waals surface area contributed by atoms with Crippen molar-refractivity contribution in [2.75, 3.05) is 39.8 Å². The van der Waals surface area contributed by atoms with Gasteiger partial charge in [-0.3, -0.25) is 14.3 Å². The summed E-state index contributed by atoms with van der Waals surface area (Å²) < 4.78 is 7.01. The minimum atomic E-state index is -0.616. The highest BCUT2D eigenvalue weighted by atomic mass is 35.5. The number of hydrogen-bond acceptors (Lipinski definition) is 6. The van der Waals surface area contributed by atoms with E-state index in [4.69, 9.17) is 21.3 Å². The van der Waals surface area contributed by atoms with Gasteiger partial charge in [0.2, 0.25) is 0 Å². The molecule has 1 aromatic carbocycles. The third kappa shape index (κ3) is 5.96. The maximum Gasteiger partial charge on any atom is 0.408 e. The summed E-state index contributed by atoms with van der Waals surface area (Å²) in [6.07, 6.45) is -0.550. The minimum Gasteiger partial charge on any atom is -0.444 e. The molecular weight excluding hydrogens is 418 g/mol. The maximum absolute atomic E-state index is 13.4. The van der Waals surface area contributed by atoms with Crippen LogP contribution in [0.1, 0.15) is 39.6 Å². The van der Waals surface area contributed by atoms with Gasteiger partial charge in [0.05, 0.1) is 22.0 Å². The van der Waals surface area contributed by atoms with Gasteiger partial charge in [0.25, 0.3) is 5.56 Å². The Morgan fingerprint density at radius 2 is 1.90 bits per heavy atom. The summed E-state index contributed by atoms with van der Waals surface area (Å²) in [5, 5.41) is 3.58. The molecular formula is C22H32ClN5O3. The molecule has 31 heavy (non-hydrogen) atoms. The second kappa shape index (κ2) is 9.54. The summed E-state index contributed by atoms with van der Waals surface area (Å²) >= 11 is 6.33. The van der Waals surface area contributed by atoms with E-state index in [1.54, 1.807) is 50.5 Å². The predicted octanol–water partition coefficient (Wildman–Crippen LogP) is 2.88. The Hall–Kier alpha value is -2.16. The first-order valence-electron chi connectivity index (χ1n) is 10.6. The molecule has 0 unspecified atom stereocenters. The fraction of sp³-hybridized carbons (Fsp3) is 0.591. The molecule has 0 radical (unpaired) electrons. The van der Waals surface area contributed by atoms with Crippen LogP contribution in [0.5, 0.6) is 0 Å². The molecule has 1 aliphatic heterocycles. The van der Waals surface area contributed by atoms with E-state index in [0.29, 0.717) is 28.3 Å². The van der Waals surface area contributed by atoms with Crippen LogP contribution in [0.3, 0.4) is 0 Å². The van der Waals surface area contributed by atoms with Gasteiger partial charge in [-0.2, -0.15) is 0 Å². The molecule has 1 aromatic heterocycles. The molecule has 0 spiro atoms. The molecule has 0 aliphatic carbocycles. The first kappa shape index (κ1) is 23.5. The number of nitrogens with one attached hydrogen (secondary N) is 1. The van der Waals surface area contributed by atoms with Crippen molar-refractivity contribution >= 4 is 28.6 Å². The summed E-state index contributed by atoms with van der Waals surface area (Å²) in [5.74, 6) is 0.486. The van der Waals surface area contributed by atoms with Crippen molar-refractivity contribution in [3.05, 3.63) is 39.4 Å². The molecule has 8 nitrogen and oxygen atoms in total. The summed E-state index contributed by atoms with van der Waals surface area (Å²) in [7, 11) is 2.11. The van der Waals surface area contributed by atoms with Crippen molar-refractivity contribution in [2.45, 2.75) is 45.9 Å². The number of aromatic nitrogens is 2. The van der Waals surface area contributed by atoms with Gasteiger partial charge in [-0.05, 0) is 46.9 Å². The molecule has 1 N–H and O–H groups in total. The zero-order valence-corrected chi connectivity index (χ0v) is 19.7. The number of ether oxygens (including phenoxy) is 1. The van der Waals surface area contributed by atoms with Gasteiger partial charge in [0.15, 0.2) is 0 Å². The molecule has 0 bridgehead atoms. The number of carbonyl (C=O) groups is 1. The quantitative estimate of drug-likeness (QED) is 0.756. The second-order valence-corrected chi connectivity index (χ2v) is 9.48. The number of rotatable bonds is 5. The second-order valence-electron chi connectivity index (χ2n) is 9.07. The number of fused-ring (bicyclic) bond motifs is 1. The Bertz CT molecular complexity index is 993. The van der Waals surface area contributed by atoms with E-state index < -0.39 is 17.7 Å². The van der Waals surface area contributed by atoms with Gasteiger partial charge in [0, 0.05) is 39.3 Å². The molecule has 1 fully saturated rings. The van der Waals surface area contributed by atoms with E-state index in [0.717, 1.165) is 32.7 Å². The average molecular weight is 450 g/mol. The Morgan fingerprint density at radius 1 is 1.23 bits per heavy atom. The van der Waals surface area contributed by atoms with Crippen molar-refractivity contribution < 1.29 is 9.53 Å². The van der Waals surface area contributed by atoms with Crippen LogP contribution < -0.4 is 10.9 Å². The van der Waals surface area contributed by atoms with Crippen LogP contribution in [-0.2, 0) is 11.3 Å².